The van der Waals surface area contributed by atoms with Crippen molar-refractivity contribution in [2.24, 2.45) is 5.84 Å². The summed E-state index contributed by atoms with van der Waals surface area (Å²) in [5.74, 6) is 5.48. The number of nitrogens with one attached hydrogen (secondary N) is 1. The zero-order chi connectivity index (χ0) is 13.8. The van der Waals surface area contributed by atoms with Crippen LogP contribution in [0.4, 0.5) is 5.69 Å². The highest BCUT2D eigenvalue weighted by atomic mass is 16.2. The third-order valence-corrected chi connectivity index (χ3v) is 3.43. The first-order valence-corrected chi connectivity index (χ1v) is 6.53. The van der Waals surface area contributed by atoms with E-state index in [2.05, 4.69) is 22.4 Å². The van der Waals surface area contributed by atoms with Crippen molar-refractivity contribution < 1.29 is 4.79 Å². The smallest absolute Gasteiger partial charge is 0.257 e. The van der Waals surface area contributed by atoms with Gasteiger partial charge in [-0.05, 0) is 33.0 Å². The molecule has 3 N–H and O–H groups in total. The van der Waals surface area contributed by atoms with Crippen molar-refractivity contribution in [2.45, 2.75) is 13.3 Å². The van der Waals surface area contributed by atoms with Crippen molar-refractivity contribution in [2.75, 3.05) is 38.7 Å². The minimum Gasteiger partial charge on any atom is -0.337 e. The number of aromatic nitrogens is 1. The molecule has 0 atom stereocenters. The molecule has 1 aromatic heterocycles. The molecule has 1 saturated heterocycles. The normalized spacial score (nSPS) is 17.1. The van der Waals surface area contributed by atoms with Gasteiger partial charge < -0.3 is 15.2 Å². The third kappa shape index (κ3) is 3.21. The summed E-state index contributed by atoms with van der Waals surface area (Å²) in [6.45, 7) is 5.32. The van der Waals surface area contributed by atoms with Crippen molar-refractivity contribution in [3.05, 3.63) is 23.5 Å². The molecule has 0 saturated carbocycles. The zero-order valence-electron chi connectivity index (χ0n) is 11.5. The molecule has 0 aliphatic carbocycles. The van der Waals surface area contributed by atoms with E-state index in [-0.39, 0.29) is 5.91 Å². The lowest BCUT2D eigenvalue weighted by Gasteiger charge is -2.21. The minimum absolute atomic E-state index is 0.00394. The Labute approximate surface area is 113 Å². The molecular weight excluding hydrogens is 242 g/mol. The Kier molecular flexibility index (Phi) is 4.34. The monoisotopic (exact) mass is 263 g/mol. The number of carbonyl (C=O) groups excluding carboxylic acids is 1. The highest BCUT2D eigenvalue weighted by Crippen LogP contribution is 2.17. The molecule has 19 heavy (non-hydrogen) atoms. The molecule has 0 spiro atoms. The Morgan fingerprint density at radius 3 is 2.89 bits per heavy atom. The van der Waals surface area contributed by atoms with Crippen LogP contribution in [-0.2, 0) is 0 Å². The van der Waals surface area contributed by atoms with Crippen molar-refractivity contribution in [1.29, 1.82) is 0 Å². The average molecular weight is 263 g/mol. The van der Waals surface area contributed by atoms with E-state index in [1.165, 1.54) is 0 Å². The van der Waals surface area contributed by atoms with Crippen LogP contribution in [0.15, 0.2) is 12.3 Å². The lowest BCUT2D eigenvalue weighted by Crippen LogP contribution is -2.35. The van der Waals surface area contributed by atoms with E-state index in [0.717, 1.165) is 38.3 Å². The number of anilines is 1. The maximum absolute atomic E-state index is 12.5. The van der Waals surface area contributed by atoms with Gasteiger partial charge in [0, 0.05) is 31.5 Å². The molecule has 0 aromatic carbocycles. The summed E-state index contributed by atoms with van der Waals surface area (Å²) in [6, 6.07) is 1.79. The van der Waals surface area contributed by atoms with Gasteiger partial charge in [0.2, 0.25) is 0 Å². The number of likely N-dealkylation sites (N-methyl/N-ethyl adjacent to an activating group) is 1. The second-order valence-corrected chi connectivity index (χ2v) is 4.96. The van der Waals surface area contributed by atoms with Crippen molar-refractivity contribution in [1.82, 2.24) is 14.8 Å². The molecule has 0 radical (unpaired) electrons. The van der Waals surface area contributed by atoms with Gasteiger partial charge in [-0.25, -0.2) is 0 Å². The molecular formula is C13H21N5O. The minimum atomic E-state index is -0.00394. The summed E-state index contributed by atoms with van der Waals surface area (Å²) < 4.78 is 0. The molecule has 2 heterocycles. The summed E-state index contributed by atoms with van der Waals surface area (Å²) in [6.07, 6.45) is 2.59. The number of rotatable bonds is 2. The fourth-order valence-electron chi connectivity index (χ4n) is 2.27. The quantitative estimate of drug-likeness (QED) is 0.599. The van der Waals surface area contributed by atoms with Gasteiger partial charge in [0.05, 0.1) is 11.3 Å². The maximum atomic E-state index is 12.5. The Morgan fingerprint density at radius 1 is 1.37 bits per heavy atom. The van der Waals surface area contributed by atoms with Gasteiger partial charge in [-0.1, -0.05) is 0 Å². The van der Waals surface area contributed by atoms with E-state index in [4.69, 9.17) is 5.84 Å². The van der Waals surface area contributed by atoms with Crippen LogP contribution in [0.1, 0.15) is 22.5 Å². The number of nitrogens with two attached hydrogens (primary N) is 1. The molecule has 2 rings (SSSR count). The zero-order valence-corrected chi connectivity index (χ0v) is 11.5. The fraction of sp³-hybridized carbons (Fsp3) is 0.538. The number of hydrazine groups is 1. The van der Waals surface area contributed by atoms with Crippen LogP contribution in [0.5, 0.6) is 0 Å². The Hall–Kier alpha value is -1.66. The van der Waals surface area contributed by atoms with E-state index in [9.17, 15) is 4.79 Å². The van der Waals surface area contributed by atoms with Crippen molar-refractivity contribution in [3.63, 3.8) is 0 Å². The first-order valence-electron chi connectivity index (χ1n) is 6.53. The van der Waals surface area contributed by atoms with Crippen LogP contribution in [0.3, 0.4) is 0 Å². The fourth-order valence-corrected chi connectivity index (χ4v) is 2.27. The predicted molar refractivity (Wildman–Crippen MR) is 74.8 cm³/mol. The van der Waals surface area contributed by atoms with Crippen LogP contribution in [0.2, 0.25) is 0 Å². The van der Waals surface area contributed by atoms with E-state index < -0.39 is 0 Å². The lowest BCUT2D eigenvalue weighted by atomic mass is 10.2. The molecule has 1 fully saturated rings. The van der Waals surface area contributed by atoms with Gasteiger partial charge in [0.15, 0.2) is 0 Å². The average Bonchev–Trinajstić information content (AvgIpc) is 2.62. The molecule has 1 aliphatic heterocycles. The van der Waals surface area contributed by atoms with Gasteiger partial charge in [-0.3, -0.25) is 15.6 Å². The molecule has 1 aromatic rings. The van der Waals surface area contributed by atoms with E-state index in [0.29, 0.717) is 11.3 Å². The van der Waals surface area contributed by atoms with Crippen LogP contribution in [0.25, 0.3) is 0 Å². The van der Waals surface area contributed by atoms with Crippen molar-refractivity contribution >= 4 is 11.6 Å². The Balaban J connectivity index is 2.19. The second-order valence-electron chi connectivity index (χ2n) is 4.96. The third-order valence-electron chi connectivity index (χ3n) is 3.43. The second kappa shape index (κ2) is 5.99. The number of pyridine rings is 1. The standard InChI is InChI=1S/C13H21N5O/c1-10-8-12(16-14)11(9-15-10)13(19)18-5-3-4-17(2)6-7-18/h8-9H,3-7,14H2,1-2H3,(H,15,16). The highest BCUT2D eigenvalue weighted by molar-refractivity contribution is 5.99. The number of nitrogen functional groups attached to an aromatic ring is 1. The van der Waals surface area contributed by atoms with E-state index >= 15 is 0 Å². The van der Waals surface area contributed by atoms with Gasteiger partial charge in [-0.2, -0.15) is 0 Å². The molecule has 0 bridgehead atoms. The van der Waals surface area contributed by atoms with Crippen LogP contribution in [-0.4, -0.2) is 53.9 Å². The summed E-state index contributed by atoms with van der Waals surface area (Å²) in [7, 11) is 2.08. The number of carbonyl (C=O) groups is 1. The number of nitrogens with zero attached hydrogens (tertiary/aromatic N) is 3. The van der Waals surface area contributed by atoms with Crippen LogP contribution in [0, 0.1) is 6.92 Å². The molecule has 0 unspecified atom stereocenters. The number of amides is 1. The molecule has 1 amide bonds. The van der Waals surface area contributed by atoms with Gasteiger partial charge >= 0.3 is 0 Å². The van der Waals surface area contributed by atoms with Crippen LogP contribution >= 0.6 is 0 Å². The molecule has 6 nitrogen and oxygen atoms in total. The van der Waals surface area contributed by atoms with Crippen LogP contribution < -0.4 is 11.3 Å². The first-order chi connectivity index (χ1) is 9.11. The molecule has 1 aliphatic rings. The SMILES string of the molecule is Cc1cc(NN)c(C(=O)N2CCCN(C)CC2)cn1. The lowest BCUT2D eigenvalue weighted by molar-refractivity contribution is 0.0763. The number of hydrogen-bond donors (Lipinski definition) is 2. The summed E-state index contributed by atoms with van der Waals surface area (Å²) >= 11 is 0. The maximum Gasteiger partial charge on any atom is 0.257 e. The number of aryl methyl sites for hydroxylation is 1. The largest absolute Gasteiger partial charge is 0.337 e. The van der Waals surface area contributed by atoms with Gasteiger partial charge in [0.25, 0.3) is 5.91 Å². The first kappa shape index (κ1) is 13.8. The molecule has 104 valence electrons. The summed E-state index contributed by atoms with van der Waals surface area (Å²) in [4.78, 5) is 20.8. The van der Waals surface area contributed by atoms with Crippen molar-refractivity contribution in [3.8, 4) is 0 Å². The number of hydrogen-bond acceptors (Lipinski definition) is 5. The molecule has 6 heteroatoms. The Bertz CT molecular complexity index is 462. The van der Waals surface area contributed by atoms with Gasteiger partial charge in [0.1, 0.15) is 0 Å². The van der Waals surface area contributed by atoms with E-state index in [1.807, 2.05) is 11.8 Å². The van der Waals surface area contributed by atoms with Gasteiger partial charge in [-0.15, -0.1) is 0 Å². The summed E-state index contributed by atoms with van der Waals surface area (Å²) in [5.41, 5.74) is 4.59. The summed E-state index contributed by atoms with van der Waals surface area (Å²) in [5, 5.41) is 0. The topological polar surface area (TPSA) is 74.5 Å². The predicted octanol–water partition coefficient (Wildman–Crippen LogP) is 0.453. The Morgan fingerprint density at radius 2 is 2.16 bits per heavy atom. The highest BCUT2D eigenvalue weighted by Gasteiger charge is 2.21. The van der Waals surface area contributed by atoms with E-state index in [1.54, 1.807) is 12.3 Å².